The van der Waals surface area contributed by atoms with Gasteiger partial charge in [0.05, 0.1) is 10.4 Å². The van der Waals surface area contributed by atoms with Gasteiger partial charge in [-0.2, -0.15) is 0 Å². The summed E-state index contributed by atoms with van der Waals surface area (Å²) in [6.07, 6.45) is 0. The van der Waals surface area contributed by atoms with Crippen LogP contribution in [0.25, 0.3) is 10.9 Å². The standard InChI is InChI=1S/C11H9N2S/c1-2-4-9-8(3-1)7-10-11(13-9)12-5-6-14-10/h1,3-4,7H,5-6H2,(H,12,13). The minimum absolute atomic E-state index is 1.01. The Balaban J connectivity index is 2.27. The molecule has 1 aromatic carbocycles. The lowest BCUT2D eigenvalue weighted by atomic mass is 10.2. The van der Waals surface area contributed by atoms with Crippen LogP contribution in [-0.4, -0.2) is 17.3 Å². The van der Waals surface area contributed by atoms with E-state index in [1.165, 1.54) is 10.3 Å². The molecule has 0 bridgehead atoms. The summed E-state index contributed by atoms with van der Waals surface area (Å²) in [6, 6.07) is 11.2. The molecule has 14 heavy (non-hydrogen) atoms. The molecule has 0 fully saturated rings. The van der Waals surface area contributed by atoms with Crippen LogP contribution in [-0.2, 0) is 0 Å². The largest absolute Gasteiger partial charge is 0.368 e. The Labute approximate surface area is 86.7 Å². The molecule has 0 saturated heterocycles. The molecule has 69 valence electrons. The SMILES string of the molecule is [c]1ccc2cc3c(nc2c1)NCCS3. The number of thioether (sulfide) groups is 1. The number of benzene rings is 1. The Morgan fingerprint density at radius 3 is 3.50 bits per heavy atom. The lowest BCUT2D eigenvalue weighted by Crippen LogP contribution is -2.11. The molecule has 0 atom stereocenters. The highest BCUT2D eigenvalue weighted by atomic mass is 32.2. The summed E-state index contributed by atoms with van der Waals surface area (Å²) in [4.78, 5) is 5.81. The van der Waals surface area contributed by atoms with E-state index < -0.39 is 0 Å². The summed E-state index contributed by atoms with van der Waals surface area (Å²) in [5, 5.41) is 4.50. The first-order chi connectivity index (χ1) is 6.93. The van der Waals surface area contributed by atoms with E-state index in [0.717, 1.165) is 23.6 Å². The number of fused-ring (bicyclic) bond motifs is 2. The Hall–Kier alpha value is -1.22. The lowest BCUT2D eigenvalue weighted by Gasteiger charge is -2.16. The van der Waals surface area contributed by atoms with E-state index in [1.807, 2.05) is 23.9 Å². The Morgan fingerprint density at radius 1 is 1.50 bits per heavy atom. The number of anilines is 1. The van der Waals surface area contributed by atoms with E-state index >= 15 is 0 Å². The zero-order valence-corrected chi connectivity index (χ0v) is 8.40. The van der Waals surface area contributed by atoms with Crippen molar-refractivity contribution in [2.75, 3.05) is 17.6 Å². The Morgan fingerprint density at radius 2 is 2.50 bits per heavy atom. The van der Waals surface area contributed by atoms with Crippen LogP contribution in [0.5, 0.6) is 0 Å². The van der Waals surface area contributed by atoms with Crippen LogP contribution in [0.15, 0.2) is 29.2 Å². The Bertz CT molecular complexity index is 437. The van der Waals surface area contributed by atoms with Gasteiger partial charge in [0, 0.05) is 17.7 Å². The number of pyridine rings is 1. The average Bonchev–Trinajstić information content (AvgIpc) is 2.26. The molecule has 2 nitrogen and oxygen atoms in total. The number of nitrogens with zero attached hydrogens (tertiary/aromatic N) is 1. The maximum atomic E-state index is 4.55. The molecule has 1 aliphatic heterocycles. The molecule has 0 aliphatic carbocycles. The molecular weight excluding hydrogens is 192 g/mol. The Kier molecular flexibility index (Phi) is 1.84. The normalized spacial score (nSPS) is 14.9. The van der Waals surface area contributed by atoms with Crippen LogP contribution in [0.1, 0.15) is 0 Å². The van der Waals surface area contributed by atoms with Gasteiger partial charge < -0.3 is 5.32 Å². The monoisotopic (exact) mass is 201 g/mol. The minimum atomic E-state index is 1.01. The quantitative estimate of drug-likeness (QED) is 0.709. The van der Waals surface area contributed by atoms with E-state index in [-0.39, 0.29) is 0 Å². The van der Waals surface area contributed by atoms with Gasteiger partial charge in [-0.25, -0.2) is 4.98 Å². The van der Waals surface area contributed by atoms with Gasteiger partial charge in [-0.3, -0.25) is 0 Å². The predicted molar refractivity (Wildman–Crippen MR) is 59.8 cm³/mol. The van der Waals surface area contributed by atoms with E-state index in [0.29, 0.717) is 0 Å². The molecule has 3 rings (SSSR count). The third-order valence-electron chi connectivity index (χ3n) is 2.28. The van der Waals surface area contributed by atoms with Gasteiger partial charge in [0.15, 0.2) is 0 Å². The fraction of sp³-hybridized carbons (Fsp3) is 0.182. The second kappa shape index (κ2) is 3.17. The third-order valence-corrected chi connectivity index (χ3v) is 3.31. The molecule has 0 amide bonds. The number of aromatic nitrogens is 1. The predicted octanol–water partition coefficient (Wildman–Crippen LogP) is 2.55. The first-order valence-corrected chi connectivity index (χ1v) is 5.59. The molecular formula is C11H9N2S. The summed E-state index contributed by atoms with van der Waals surface area (Å²) in [7, 11) is 0. The van der Waals surface area contributed by atoms with Crippen molar-refractivity contribution in [2.24, 2.45) is 0 Å². The van der Waals surface area contributed by atoms with Crippen molar-refractivity contribution < 1.29 is 0 Å². The molecule has 0 unspecified atom stereocenters. The van der Waals surface area contributed by atoms with Gasteiger partial charge in [-0.1, -0.05) is 12.1 Å². The van der Waals surface area contributed by atoms with Crippen molar-refractivity contribution in [2.45, 2.75) is 4.90 Å². The molecule has 2 heterocycles. The van der Waals surface area contributed by atoms with Gasteiger partial charge in [0.2, 0.25) is 0 Å². The lowest BCUT2D eigenvalue weighted by molar-refractivity contribution is 1.12. The van der Waals surface area contributed by atoms with Crippen LogP contribution < -0.4 is 5.32 Å². The van der Waals surface area contributed by atoms with E-state index in [9.17, 15) is 0 Å². The highest BCUT2D eigenvalue weighted by Gasteiger charge is 2.10. The van der Waals surface area contributed by atoms with E-state index in [4.69, 9.17) is 0 Å². The minimum Gasteiger partial charge on any atom is -0.368 e. The second-order valence-corrected chi connectivity index (χ2v) is 4.37. The zero-order valence-electron chi connectivity index (χ0n) is 7.58. The molecule has 1 aliphatic rings. The second-order valence-electron chi connectivity index (χ2n) is 3.23. The number of hydrogen-bond donors (Lipinski definition) is 1. The average molecular weight is 201 g/mol. The number of hydrogen-bond acceptors (Lipinski definition) is 3. The fourth-order valence-corrected chi connectivity index (χ4v) is 2.49. The number of rotatable bonds is 0. The van der Waals surface area contributed by atoms with Crippen LogP contribution in [0.3, 0.4) is 0 Å². The van der Waals surface area contributed by atoms with Gasteiger partial charge >= 0.3 is 0 Å². The van der Waals surface area contributed by atoms with Crippen LogP contribution in [0.2, 0.25) is 0 Å². The van der Waals surface area contributed by atoms with Crippen LogP contribution >= 0.6 is 11.8 Å². The van der Waals surface area contributed by atoms with E-state index in [2.05, 4.69) is 28.5 Å². The zero-order chi connectivity index (χ0) is 9.38. The molecule has 0 spiro atoms. The van der Waals surface area contributed by atoms with Crippen molar-refractivity contribution in [3.05, 3.63) is 30.3 Å². The fourth-order valence-electron chi connectivity index (χ4n) is 1.60. The van der Waals surface area contributed by atoms with Crippen molar-refractivity contribution in [1.82, 2.24) is 4.98 Å². The van der Waals surface area contributed by atoms with Gasteiger partial charge in [0.25, 0.3) is 0 Å². The van der Waals surface area contributed by atoms with Crippen molar-refractivity contribution in [1.29, 1.82) is 0 Å². The summed E-state index contributed by atoms with van der Waals surface area (Å²) >= 11 is 1.87. The van der Waals surface area contributed by atoms with Gasteiger partial charge in [-0.15, -0.1) is 11.8 Å². The summed E-state index contributed by atoms with van der Waals surface area (Å²) in [5.74, 6) is 2.15. The molecule has 3 heteroatoms. The van der Waals surface area contributed by atoms with Crippen LogP contribution in [0.4, 0.5) is 5.82 Å². The van der Waals surface area contributed by atoms with Crippen molar-refractivity contribution in [3.63, 3.8) is 0 Å². The summed E-state index contributed by atoms with van der Waals surface area (Å²) in [5.41, 5.74) is 1.02. The highest BCUT2D eigenvalue weighted by Crippen LogP contribution is 2.31. The van der Waals surface area contributed by atoms with Crippen LogP contribution in [0, 0.1) is 6.07 Å². The van der Waals surface area contributed by atoms with E-state index in [1.54, 1.807) is 0 Å². The molecule has 2 aromatic rings. The third kappa shape index (κ3) is 1.24. The maximum absolute atomic E-state index is 4.55. The first-order valence-electron chi connectivity index (χ1n) is 4.61. The van der Waals surface area contributed by atoms with Gasteiger partial charge in [0.1, 0.15) is 5.82 Å². The highest BCUT2D eigenvalue weighted by molar-refractivity contribution is 7.99. The molecule has 1 radical (unpaired) electrons. The van der Waals surface area contributed by atoms with Crippen molar-refractivity contribution >= 4 is 28.5 Å². The topological polar surface area (TPSA) is 24.9 Å². The summed E-state index contributed by atoms with van der Waals surface area (Å²) < 4.78 is 0. The molecule has 1 aromatic heterocycles. The summed E-state index contributed by atoms with van der Waals surface area (Å²) in [6.45, 7) is 1.01. The molecule has 0 saturated carbocycles. The molecule has 1 N–H and O–H groups in total. The maximum Gasteiger partial charge on any atom is 0.140 e. The smallest absolute Gasteiger partial charge is 0.140 e. The number of nitrogens with one attached hydrogen (secondary N) is 1. The van der Waals surface area contributed by atoms with Crippen molar-refractivity contribution in [3.8, 4) is 0 Å². The van der Waals surface area contributed by atoms with Gasteiger partial charge in [-0.05, 0) is 18.2 Å². The first kappa shape index (κ1) is 8.12.